The van der Waals surface area contributed by atoms with Crippen molar-refractivity contribution in [2.24, 2.45) is 0 Å². The van der Waals surface area contributed by atoms with Gasteiger partial charge in [-0.1, -0.05) is 12.1 Å². The van der Waals surface area contributed by atoms with Crippen LogP contribution in [0.15, 0.2) is 36.4 Å². The average Bonchev–Trinajstić information content (AvgIpc) is 2.49. The Kier molecular flexibility index (Phi) is 5.23. The third kappa shape index (κ3) is 4.71. The van der Waals surface area contributed by atoms with E-state index >= 15 is 0 Å². The summed E-state index contributed by atoms with van der Waals surface area (Å²) in [6, 6.07) is 8.17. The predicted molar refractivity (Wildman–Crippen MR) is 86.8 cm³/mol. The molecule has 0 aliphatic rings. The molecular formula is C17H15NO7. The van der Waals surface area contributed by atoms with E-state index in [1.165, 1.54) is 6.07 Å². The normalized spacial score (nSPS) is 10.2. The van der Waals surface area contributed by atoms with Gasteiger partial charge in [-0.25, -0.2) is 0 Å². The first-order valence-corrected chi connectivity index (χ1v) is 7.15. The Morgan fingerprint density at radius 1 is 0.880 bits per heavy atom. The van der Waals surface area contributed by atoms with Gasteiger partial charge in [0.1, 0.15) is 11.5 Å². The molecule has 0 heterocycles. The Hall–Kier alpha value is -3.55. The van der Waals surface area contributed by atoms with Crippen LogP contribution in [0.4, 0.5) is 5.69 Å². The molecule has 8 nitrogen and oxygen atoms in total. The van der Waals surface area contributed by atoms with E-state index < -0.39 is 35.8 Å². The van der Waals surface area contributed by atoms with Crippen LogP contribution >= 0.6 is 0 Å². The number of carbonyl (C=O) groups is 3. The van der Waals surface area contributed by atoms with Gasteiger partial charge in [0.2, 0.25) is 0 Å². The largest absolute Gasteiger partial charge is 0.508 e. The molecule has 0 aromatic heterocycles. The maximum absolute atomic E-state index is 12.2. The molecule has 0 saturated carbocycles. The molecule has 0 aliphatic heterocycles. The summed E-state index contributed by atoms with van der Waals surface area (Å²) in [5.41, 5.74) is 0.534. The number of hydrogen-bond acceptors (Lipinski definition) is 5. The Morgan fingerprint density at radius 3 is 2.20 bits per heavy atom. The maximum Gasteiger partial charge on any atom is 0.307 e. The molecule has 0 spiro atoms. The first-order chi connectivity index (χ1) is 11.8. The van der Waals surface area contributed by atoms with Crippen molar-refractivity contribution in [3.63, 3.8) is 0 Å². The summed E-state index contributed by atoms with van der Waals surface area (Å²) >= 11 is 0. The molecule has 0 atom stereocenters. The number of amides is 1. The second kappa shape index (κ2) is 7.35. The summed E-state index contributed by atoms with van der Waals surface area (Å²) < 4.78 is 0. The zero-order chi connectivity index (χ0) is 18.6. The molecule has 130 valence electrons. The minimum atomic E-state index is -1.19. The number of nitrogens with one attached hydrogen (secondary N) is 1. The van der Waals surface area contributed by atoms with E-state index in [9.17, 15) is 24.6 Å². The molecule has 8 heteroatoms. The van der Waals surface area contributed by atoms with Crippen molar-refractivity contribution in [1.29, 1.82) is 0 Å². The predicted octanol–water partition coefficient (Wildman–Crippen LogP) is 1.60. The lowest BCUT2D eigenvalue weighted by molar-refractivity contribution is -0.137. The summed E-state index contributed by atoms with van der Waals surface area (Å²) in [5.74, 6) is -3.84. The Balaban J connectivity index is 2.22. The van der Waals surface area contributed by atoms with Gasteiger partial charge in [-0.3, -0.25) is 14.4 Å². The second-order valence-corrected chi connectivity index (χ2v) is 5.29. The fourth-order valence-corrected chi connectivity index (χ4v) is 2.24. The van der Waals surface area contributed by atoms with Crippen molar-refractivity contribution in [1.82, 2.24) is 0 Å². The highest BCUT2D eigenvalue weighted by Crippen LogP contribution is 2.28. The van der Waals surface area contributed by atoms with E-state index in [2.05, 4.69) is 5.32 Å². The van der Waals surface area contributed by atoms with Crippen LogP contribution in [0.3, 0.4) is 0 Å². The Bertz CT molecular complexity index is 845. The summed E-state index contributed by atoms with van der Waals surface area (Å²) in [4.78, 5) is 33.7. The van der Waals surface area contributed by atoms with Gasteiger partial charge < -0.3 is 25.7 Å². The number of phenolic OH excluding ortho intramolecular Hbond substituents is 2. The van der Waals surface area contributed by atoms with Crippen molar-refractivity contribution in [2.45, 2.75) is 12.8 Å². The summed E-state index contributed by atoms with van der Waals surface area (Å²) in [5, 5.41) is 39.7. The van der Waals surface area contributed by atoms with E-state index in [4.69, 9.17) is 10.2 Å². The fraction of sp³-hybridized carbons (Fsp3) is 0.118. The van der Waals surface area contributed by atoms with Crippen LogP contribution in [0.1, 0.15) is 21.5 Å². The molecule has 0 unspecified atom stereocenters. The van der Waals surface area contributed by atoms with Gasteiger partial charge in [0, 0.05) is 11.3 Å². The monoisotopic (exact) mass is 345 g/mol. The highest BCUT2D eigenvalue weighted by Gasteiger charge is 2.17. The number of hydrogen-bond donors (Lipinski definition) is 5. The lowest BCUT2D eigenvalue weighted by Crippen LogP contribution is -2.13. The molecule has 2 aromatic rings. The first kappa shape index (κ1) is 17.8. The van der Waals surface area contributed by atoms with Gasteiger partial charge in [0.25, 0.3) is 5.91 Å². The number of carbonyl (C=O) groups excluding carboxylic acids is 1. The van der Waals surface area contributed by atoms with Crippen LogP contribution < -0.4 is 5.32 Å². The third-order valence-electron chi connectivity index (χ3n) is 3.32. The molecule has 0 radical (unpaired) electrons. The molecule has 0 aliphatic carbocycles. The van der Waals surface area contributed by atoms with Crippen LogP contribution in [0.5, 0.6) is 11.5 Å². The highest BCUT2D eigenvalue weighted by molar-refractivity contribution is 6.06. The topological polar surface area (TPSA) is 144 Å². The second-order valence-electron chi connectivity index (χ2n) is 5.29. The van der Waals surface area contributed by atoms with Crippen LogP contribution in [0.2, 0.25) is 0 Å². The van der Waals surface area contributed by atoms with Gasteiger partial charge in [-0.15, -0.1) is 0 Å². The van der Waals surface area contributed by atoms with E-state index in [0.29, 0.717) is 11.3 Å². The number of carboxylic acids is 2. The number of anilines is 1. The van der Waals surface area contributed by atoms with E-state index in [1.807, 2.05) is 0 Å². The van der Waals surface area contributed by atoms with Gasteiger partial charge in [0.15, 0.2) is 0 Å². The van der Waals surface area contributed by atoms with Crippen LogP contribution in [-0.2, 0) is 22.4 Å². The molecule has 0 saturated heterocycles. The lowest BCUT2D eigenvalue weighted by atomic mass is 10.1. The zero-order valence-corrected chi connectivity index (χ0v) is 12.9. The SMILES string of the molecule is O=C(O)Cc1cccc(NC(=O)c2cc(O)c(CC(=O)O)cc2O)c1. The van der Waals surface area contributed by atoms with Crippen LogP contribution in [-0.4, -0.2) is 38.3 Å². The summed E-state index contributed by atoms with van der Waals surface area (Å²) in [6.45, 7) is 0. The van der Waals surface area contributed by atoms with E-state index in [0.717, 1.165) is 12.1 Å². The number of aromatic hydroxyl groups is 2. The van der Waals surface area contributed by atoms with Crippen molar-refractivity contribution >= 4 is 23.5 Å². The minimum Gasteiger partial charge on any atom is -0.508 e. The summed E-state index contributed by atoms with van der Waals surface area (Å²) in [6.07, 6.45) is -0.710. The van der Waals surface area contributed by atoms with Crippen LogP contribution in [0.25, 0.3) is 0 Å². The molecule has 2 aromatic carbocycles. The van der Waals surface area contributed by atoms with E-state index in [-0.39, 0.29) is 17.5 Å². The molecular weight excluding hydrogens is 330 g/mol. The smallest absolute Gasteiger partial charge is 0.307 e. The Labute approximate surface area is 142 Å². The number of rotatable bonds is 6. The lowest BCUT2D eigenvalue weighted by Gasteiger charge is -2.10. The third-order valence-corrected chi connectivity index (χ3v) is 3.32. The standard InChI is InChI=1S/C17H15NO7/c19-13-8-12(14(20)6-10(13)7-16(23)24)17(25)18-11-3-1-2-9(4-11)5-15(21)22/h1-4,6,8,19-20H,5,7H2,(H,18,25)(H,21,22)(H,23,24). The average molecular weight is 345 g/mol. The first-order valence-electron chi connectivity index (χ1n) is 7.15. The van der Waals surface area contributed by atoms with Crippen molar-refractivity contribution in [3.05, 3.63) is 53.1 Å². The zero-order valence-electron chi connectivity index (χ0n) is 12.9. The van der Waals surface area contributed by atoms with Gasteiger partial charge in [0.05, 0.1) is 18.4 Å². The van der Waals surface area contributed by atoms with Gasteiger partial charge in [-0.05, 0) is 29.8 Å². The van der Waals surface area contributed by atoms with Crippen LogP contribution in [0, 0.1) is 0 Å². The Morgan fingerprint density at radius 2 is 1.56 bits per heavy atom. The highest BCUT2D eigenvalue weighted by atomic mass is 16.4. The number of phenols is 2. The maximum atomic E-state index is 12.2. The molecule has 25 heavy (non-hydrogen) atoms. The van der Waals surface area contributed by atoms with E-state index in [1.54, 1.807) is 18.2 Å². The molecule has 5 N–H and O–H groups in total. The minimum absolute atomic E-state index is 0.0231. The number of aliphatic carboxylic acids is 2. The fourth-order valence-electron chi connectivity index (χ4n) is 2.24. The molecule has 1 amide bonds. The molecule has 0 fully saturated rings. The van der Waals surface area contributed by atoms with Crippen molar-refractivity contribution in [2.75, 3.05) is 5.32 Å². The van der Waals surface area contributed by atoms with Crippen molar-refractivity contribution in [3.8, 4) is 11.5 Å². The number of benzene rings is 2. The summed E-state index contributed by atoms with van der Waals surface area (Å²) in [7, 11) is 0. The quantitative estimate of drug-likeness (QED) is 0.500. The van der Waals surface area contributed by atoms with Gasteiger partial charge in [-0.2, -0.15) is 0 Å². The number of carboxylic acid groups (broad SMARTS) is 2. The molecule has 0 bridgehead atoms. The molecule has 2 rings (SSSR count). The van der Waals surface area contributed by atoms with Crippen molar-refractivity contribution < 1.29 is 34.8 Å². The van der Waals surface area contributed by atoms with Gasteiger partial charge >= 0.3 is 11.9 Å².